The van der Waals surface area contributed by atoms with Crippen LogP contribution in [-0.4, -0.2) is 6.29 Å². The number of carbonyl (C=O) groups is 1. The summed E-state index contributed by atoms with van der Waals surface area (Å²) < 4.78 is 0. The Morgan fingerprint density at radius 3 is 1.60 bits per heavy atom. The maximum absolute atomic E-state index is 11.6. The molecule has 0 spiro atoms. The summed E-state index contributed by atoms with van der Waals surface area (Å²) in [4.78, 5) is 11.6. The van der Waals surface area contributed by atoms with Crippen LogP contribution in [0.3, 0.4) is 0 Å². The van der Waals surface area contributed by atoms with Gasteiger partial charge in [-0.25, -0.2) is 0 Å². The van der Waals surface area contributed by atoms with Crippen LogP contribution in [0.5, 0.6) is 0 Å². The molecule has 0 rings (SSSR count). The summed E-state index contributed by atoms with van der Waals surface area (Å²) in [6.07, 6.45) is 5.57. The molecular weight excluding hydrogens is 184 g/mol. The van der Waals surface area contributed by atoms with Crippen LogP contribution in [0.2, 0.25) is 0 Å². The molecule has 1 heteroatoms. The van der Waals surface area contributed by atoms with Crippen LogP contribution < -0.4 is 0 Å². The van der Waals surface area contributed by atoms with Crippen LogP contribution in [0.15, 0.2) is 0 Å². The molecular formula is C14H28O. The van der Waals surface area contributed by atoms with Gasteiger partial charge in [0.05, 0.1) is 0 Å². The van der Waals surface area contributed by atoms with Gasteiger partial charge >= 0.3 is 0 Å². The standard InChI is InChI=1S/C14H28O/c1-7-12(8-2)14(6,11-15)13(5,9-3)10-4/h11-12H,7-10H2,1-6H3. The van der Waals surface area contributed by atoms with E-state index in [0.29, 0.717) is 5.92 Å². The number of hydrogen-bond donors (Lipinski definition) is 0. The zero-order valence-electron chi connectivity index (χ0n) is 11.4. The summed E-state index contributed by atoms with van der Waals surface area (Å²) in [6.45, 7) is 13.2. The lowest BCUT2D eigenvalue weighted by atomic mass is 9.56. The Bertz CT molecular complexity index is 190. The third-order valence-corrected chi connectivity index (χ3v) is 4.94. The summed E-state index contributed by atoms with van der Waals surface area (Å²) in [6, 6.07) is 0. The molecule has 0 bridgehead atoms. The first kappa shape index (κ1) is 14.7. The SMILES string of the molecule is CCC(CC)C(C)(C=O)C(C)(CC)CC. The fourth-order valence-corrected chi connectivity index (χ4v) is 2.88. The maximum Gasteiger partial charge on any atom is 0.126 e. The van der Waals surface area contributed by atoms with Gasteiger partial charge in [0.15, 0.2) is 0 Å². The second kappa shape index (κ2) is 5.67. The van der Waals surface area contributed by atoms with Crippen LogP contribution in [0.4, 0.5) is 0 Å². The first-order valence-electron chi connectivity index (χ1n) is 6.42. The Labute approximate surface area is 95.6 Å². The molecule has 1 nitrogen and oxygen atoms in total. The van der Waals surface area contributed by atoms with Crippen molar-refractivity contribution in [3.8, 4) is 0 Å². The van der Waals surface area contributed by atoms with E-state index in [4.69, 9.17) is 0 Å². The Morgan fingerprint density at radius 2 is 1.40 bits per heavy atom. The molecule has 1 unspecified atom stereocenters. The van der Waals surface area contributed by atoms with Crippen molar-refractivity contribution < 1.29 is 4.79 Å². The monoisotopic (exact) mass is 212 g/mol. The van der Waals surface area contributed by atoms with E-state index < -0.39 is 0 Å². The van der Waals surface area contributed by atoms with Gasteiger partial charge in [0.1, 0.15) is 6.29 Å². The summed E-state index contributed by atoms with van der Waals surface area (Å²) >= 11 is 0. The fourth-order valence-electron chi connectivity index (χ4n) is 2.88. The van der Waals surface area contributed by atoms with Gasteiger partial charge in [-0.15, -0.1) is 0 Å². The number of hydrogen-bond acceptors (Lipinski definition) is 1. The van der Waals surface area contributed by atoms with Crippen molar-refractivity contribution in [3.05, 3.63) is 0 Å². The topological polar surface area (TPSA) is 17.1 Å². The summed E-state index contributed by atoms with van der Waals surface area (Å²) in [5.41, 5.74) is -0.0224. The average Bonchev–Trinajstić information content (AvgIpc) is 2.28. The lowest BCUT2D eigenvalue weighted by Crippen LogP contribution is -2.44. The van der Waals surface area contributed by atoms with E-state index in [9.17, 15) is 4.79 Å². The van der Waals surface area contributed by atoms with Crippen molar-refractivity contribution in [1.29, 1.82) is 0 Å². The van der Waals surface area contributed by atoms with Crippen molar-refractivity contribution in [3.63, 3.8) is 0 Å². The van der Waals surface area contributed by atoms with Crippen LogP contribution >= 0.6 is 0 Å². The summed E-state index contributed by atoms with van der Waals surface area (Å²) in [5, 5.41) is 0. The molecule has 0 radical (unpaired) electrons. The highest BCUT2D eigenvalue weighted by molar-refractivity contribution is 5.61. The highest BCUT2D eigenvalue weighted by atomic mass is 16.1. The van der Waals surface area contributed by atoms with Crippen molar-refractivity contribution in [1.82, 2.24) is 0 Å². The first-order valence-corrected chi connectivity index (χ1v) is 6.42. The fraction of sp³-hybridized carbons (Fsp3) is 0.929. The molecule has 0 N–H and O–H groups in total. The van der Waals surface area contributed by atoms with Crippen molar-refractivity contribution in [2.45, 2.75) is 67.2 Å². The van der Waals surface area contributed by atoms with Crippen LogP contribution in [0, 0.1) is 16.7 Å². The number of carbonyl (C=O) groups excluding carboxylic acids is 1. The van der Waals surface area contributed by atoms with E-state index >= 15 is 0 Å². The summed E-state index contributed by atoms with van der Waals surface area (Å²) in [5.74, 6) is 0.514. The van der Waals surface area contributed by atoms with E-state index in [1.807, 2.05) is 0 Å². The second-order valence-corrected chi connectivity index (χ2v) is 5.18. The van der Waals surface area contributed by atoms with Gasteiger partial charge in [-0.05, 0) is 24.2 Å². The Morgan fingerprint density at radius 1 is 1.00 bits per heavy atom. The molecule has 90 valence electrons. The highest BCUT2D eigenvalue weighted by Gasteiger charge is 2.46. The predicted octanol–water partition coefficient (Wildman–Crippen LogP) is 4.45. The van der Waals surface area contributed by atoms with Crippen molar-refractivity contribution in [2.75, 3.05) is 0 Å². The zero-order chi connectivity index (χ0) is 12.1. The molecule has 0 saturated heterocycles. The molecule has 1 atom stereocenters. The third kappa shape index (κ3) is 2.43. The number of rotatable bonds is 7. The Hall–Kier alpha value is -0.330. The Kier molecular flexibility index (Phi) is 5.55. The Balaban J connectivity index is 5.21. The molecule has 0 aliphatic carbocycles. The maximum atomic E-state index is 11.6. The molecule has 0 fully saturated rings. The van der Waals surface area contributed by atoms with Gasteiger partial charge in [-0.2, -0.15) is 0 Å². The van der Waals surface area contributed by atoms with Gasteiger partial charge in [0.25, 0.3) is 0 Å². The summed E-state index contributed by atoms with van der Waals surface area (Å²) in [7, 11) is 0. The lowest BCUT2D eigenvalue weighted by molar-refractivity contribution is -0.128. The van der Waals surface area contributed by atoms with Gasteiger partial charge in [0.2, 0.25) is 0 Å². The minimum atomic E-state index is -0.167. The second-order valence-electron chi connectivity index (χ2n) is 5.18. The van der Waals surface area contributed by atoms with Crippen molar-refractivity contribution >= 4 is 6.29 Å². The minimum Gasteiger partial charge on any atom is -0.303 e. The predicted molar refractivity (Wildman–Crippen MR) is 66.9 cm³/mol. The smallest absolute Gasteiger partial charge is 0.126 e. The normalized spacial score (nSPS) is 16.5. The van der Waals surface area contributed by atoms with Gasteiger partial charge in [-0.1, -0.05) is 54.4 Å². The molecule has 15 heavy (non-hydrogen) atoms. The van der Waals surface area contributed by atoms with E-state index in [1.54, 1.807) is 0 Å². The average molecular weight is 212 g/mol. The zero-order valence-corrected chi connectivity index (χ0v) is 11.4. The van der Waals surface area contributed by atoms with Crippen LogP contribution in [-0.2, 0) is 4.79 Å². The van der Waals surface area contributed by atoms with Gasteiger partial charge < -0.3 is 4.79 Å². The van der Waals surface area contributed by atoms with E-state index in [0.717, 1.165) is 25.7 Å². The third-order valence-electron chi connectivity index (χ3n) is 4.94. The molecule has 0 aliphatic rings. The minimum absolute atomic E-state index is 0.144. The highest BCUT2D eigenvalue weighted by Crippen LogP contribution is 2.50. The van der Waals surface area contributed by atoms with Crippen LogP contribution in [0.1, 0.15) is 67.2 Å². The largest absolute Gasteiger partial charge is 0.303 e. The quantitative estimate of drug-likeness (QED) is 0.570. The van der Waals surface area contributed by atoms with E-state index in [2.05, 4.69) is 41.5 Å². The van der Waals surface area contributed by atoms with Crippen LogP contribution in [0.25, 0.3) is 0 Å². The molecule has 0 aromatic carbocycles. The van der Waals surface area contributed by atoms with Crippen molar-refractivity contribution in [2.24, 2.45) is 16.7 Å². The lowest BCUT2D eigenvalue weighted by Gasteiger charge is -2.47. The molecule has 0 aliphatic heterocycles. The molecule has 0 aromatic rings. The molecule has 0 amide bonds. The molecule has 0 saturated carbocycles. The molecule has 0 aromatic heterocycles. The van der Waals surface area contributed by atoms with E-state index in [1.165, 1.54) is 6.29 Å². The first-order chi connectivity index (χ1) is 6.95. The molecule has 0 heterocycles. The van der Waals surface area contributed by atoms with Gasteiger partial charge in [-0.3, -0.25) is 0 Å². The number of aldehydes is 1. The van der Waals surface area contributed by atoms with Gasteiger partial charge in [0, 0.05) is 5.41 Å². The van der Waals surface area contributed by atoms with E-state index in [-0.39, 0.29) is 10.8 Å².